The van der Waals surface area contributed by atoms with Crippen molar-refractivity contribution in [3.8, 4) is 11.5 Å². The number of H-pyrrole nitrogens is 1. The molecule has 78 valence electrons. The summed E-state index contributed by atoms with van der Waals surface area (Å²) in [4.78, 5) is 11.6. The third-order valence-corrected chi connectivity index (χ3v) is 2.16. The van der Waals surface area contributed by atoms with Gasteiger partial charge in [0.25, 0.3) is 0 Å². The van der Waals surface area contributed by atoms with Crippen LogP contribution >= 0.6 is 0 Å². The van der Waals surface area contributed by atoms with Gasteiger partial charge >= 0.3 is 0 Å². The molecule has 15 heavy (non-hydrogen) atoms. The summed E-state index contributed by atoms with van der Waals surface area (Å²) < 4.78 is 0. The van der Waals surface area contributed by atoms with E-state index in [1.165, 1.54) is 0 Å². The largest absolute Gasteiger partial charge is 0.387 e. The van der Waals surface area contributed by atoms with Crippen LogP contribution in [0.15, 0.2) is 24.4 Å². The Balaban J connectivity index is 2.37. The van der Waals surface area contributed by atoms with Crippen LogP contribution in [0.3, 0.4) is 0 Å². The molecule has 2 rings (SSSR count). The third-order valence-electron chi connectivity index (χ3n) is 2.16. The van der Waals surface area contributed by atoms with Crippen LogP contribution in [0.1, 0.15) is 24.4 Å². The number of pyridine rings is 1. The first-order chi connectivity index (χ1) is 7.16. The molecule has 0 spiro atoms. The van der Waals surface area contributed by atoms with Gasteiger partial charge in [-0.2, -0.15) is 0 Å². The summed E-state index contributed by atoms with van der Waals surface area (Å²) in [5, 5.41) is 9.34. The Hall–Kier alpha value is -1.68. The second-order valence-electron chi connectivity index (χ2n) is 3.51. The number of imidazole rings is 1. The first kappa shape index (κ1) is 9.86. The maximum atomic E-state index is 9.34. The molecule has 2 N–H and O–H groups in total. The molecule has 0 saturated carbocycles. The summed E-state index contributed by atoms with van der Waals surface area (Å²) in [5.74, 6) is 0.689. The lowest BCUT2D eigenvalue weighted by Gasteiger charge is -1.98. The van der Waals surface area contributed by atoms with E-state index in [1.807, 2.05) is 25.1 Å². The molecule has 1 unspecified atom stereocenters. The number of aryl methyl sites for hydroxylation is 1. The summed E-state index contributed by atoms with van der Waals surface area (Å²) in [6, 6.07) is 5.75. The molecular weight excluding hydrogens is 190 g/mol. The van der Waals surface area contributed by atoms with Gasteiger partial charge in [-0.05, 0) is 26.0 Å². The molecule has 0 saturated heterocycles. The highest BCUT2D eigenvalue weighted by atomic mass is 16.3. The van der Waals surface area contributed by atoms with E-state index in [2.05, 4.69) is 15.0 Å². The molecule has 0 aliphatic rings. The highest BCUT2D eigenvalue weighted by Crippen LogP contribution is 2.16. The van der Waals surface area contributed by atoms with Gasteiger partial charge in [0.1, 0.15) is 5.69 Å². The predicted octanol–water partition coefficient (Wildman–Crippen LogP) is 1.83. The SMILES string of the molecule is Cc1cccc(-c2nc(C(C)O)c[nH]2)n1. The number of aromatic nitrogens is 3. The van der Waals surface area contributed by atoms with Crippen molar-refractivity contribution in [2.45, 2.75) is 20.0 Å². The van der Waals surface area contributed by atoms with Crippen LogP contribution in [-0.4, -0.2) is 20.1 Å². The van der Waals surface area contributed by atoms with E-state index in [-0.39, 0.29) is 0 Å². The van der Waals surface area contributed by atoms with E-state index < -0.39 is 6.10 Å². The summed E-state index contributed by atoms with van der Waals surface area (Å²) >= 11 is 0. The molecule has 1 atom stereocenters. The number of hydrogen-bond donors (Lipinski definition) is 2. The number of nitrogens with zero attached hydrogens (tertiary/aromatic N) is 2. The quantitative estimate of drug-likeness (QED) is 0.782. The fourth-order valence-corrected chi connectivity index (χ4v) is 1.36. The molecule has 4 heteroatoms. The van der Waals surface area contributed by atoms with Crippen molar-refractivity contribution < 1.29 is 5.11 Å². The lowest BCUT2D eigenvalue weighted by molar-refractivity contribution is 0.195. The smallest absolute Gasteiger partial charge is 0.156 e. The molecule has 0 amide bonds. The van der Waals surface area contributed by atoms with Crippen molar-refractivity contribution >= 4 is 0 Å². The molecule has 0 aliphatic heterocycles. The maximum absolute atomic E-state index is 9.34. The zero-order valence-corrected chi connectivity index (χ0v) is 8.73. The van der Waals surface area contributed by atoms with Gasteiger partial charge < -0.3 is 10.1 Å². The topological polar surface area (TPSA) is 61.8 Å². The number of hydrogen-bond acceptors (Lipinski definition) is 3. The van der Waals surface area contributed by atoms with Gasteiger partial charge in [0, 0.05) is 11.9 Å². The predicted molar refractivity (Wildman–Crippen MR) is 57.2 cm³/mol. The minimum atomic E-state index is -0.556. The van der Waals surface area contributed by atoms with Crippen molar-refractivity contribution in [1.82, 2.24) is 15.0 Å². The number of aliphatic hydroxyl groups is 1. The summed E-state index contributed by atoms with van der Waals surface area (Å²) in [6.45, 7) is 3.62. The van der Waals surface area contributed by atoms with Crippen molar-refractivity contribution in [2.24, 2.45) is 0 Å². The lowest BCUT2D eigenvalue weighted by atomic mass is 10.3. The number of nitrogens with one attached hydrogen (secondary N) is 1. The second kappa shape index (κ2) is 3.82. The molecular formula is C11H13N3O. The van der Waals surface area contributed by atoms with Crippen LogP contribution in [0, 0.1) is 6.92 Å². The highest BCUT2D eigenvalue weighted by Gasteiger charge is 2.08. The second-order valence-corrected chi connectivity index (χ2v) is 3.51. The minimum Gasteiger partial charge on any atom is -0.387 e. The highest BCUT2D eigenvalue weighted by molar-refractivity contribution is 5.49. The first-order valence-electron chi connectivity index (χ1n) is 4.84. The minimum absolute atomic E-state index is 0.556. The monoisotopic (exact) mass is 203 g/mol. The van der Waals surface area contributed by atoms with E-state index in [9.17, 15) is 5.11 Å². The number of aliphatic hydroxyl groups excluding tert-OH is 1. The molecule has 0 aliphatic carbocycles. The fourth-order valence-electron chi connectivity index (χ4n) is 1.36. The van der Waals surface area contributed by atoms with Crippen LogP contribution in [-0.2, 0) is 0 Å². The first-order valence-corrected chi connectivity index (χ1v) is 4.84. The Morgan fingerprint density at radius 1 is 1.33 bits per heavy atom. The zero-order chi connectivity index (χ0) is 10.8. The van der Waals surface area contributed by atoms with Gasteiger partial charge in [0.15, 0.2) is 5.82 Å². The Morgan fingerprint density at radius 2 is 2.13 bits per heavy atom. The van der Waals surface area contributed by atoms with Crippen molar-refractivity contribution in [3.63, 3.8) is 0 Å². The molecule has 2 aromatic heterocycles. The van der Waals surface area contributed by atoms with Crippen molar-refractivity contribution in [3.05, 3.63) is 35.8 Å². The number of aromatic amines is 1. The maximum Gasteiger partial charge on any atom is 0.156 e. The van der Waals surface area contributed by atoms with E-state index in [4.69, 9.17) is 0 Å². The van der Waals surface area contributed by atoms with Crippen LogP contribution in [0.4, 0.5) is 0 Å². The lowest BCUT2D eigenvalue weighted by Crippen LogP contribution is -1.91. The average Bonchev–Trinajstić information content (AvgIpc) is 2.66. The number of rotatable bonds is 2. The fraction of sp³-hybridized carbons (Fsp3) is 0.273. The van der Waals surface area contributed by atoms with Gasteiger partial charge in [-0.3, -0.25) is 0 Å². The molecule has 0 bridgehead atoms. The molecule has 0 radical (unpaired) electrons. The summed E-state index contributed by atoms with van der Waals surface area (Å²) in [7, 11) is 0. The Kier molecular flexibility index (Phi) is 2.51. The normalized spacial score (nSPS) is 12.7. The van der Waals surface area contributed by atoms with E-state index in [0.29, 0.717) is 11.5 Å². The van der Waals surface area contributed by atoms with Crippen LogP contribution in [0.5, 0.6) is 0 Å². The van der Waals surface area contributed by atoms with Gasteiger partial charge in [0.2, 0.25) is 0 Å². The Bertz CT molecular complexity index is 462. The standard InChI is InChI=1S/C11H13N3O/c1-7-4-3-5-9(13-7)11-12-6-10(14-11)8(2)15/h3-6,8,15H,1-2H3,(H,12,14). The molecule has 2 heterocycles. The van der Waals surface area contributed by atoms with Gasteiger partial charge in [-0.15, -0.1) is 0 Å². The Labute approximate surface area is 88.0 Å². The molecule has 2 aromatic rings. The van der Waals surface area contributed by atoms with Gasteiger partial charge in [-0.25, -0.2) is 9.97 Å². The summed E-state index contributed by atoms with van der Waals surface area (Å²) in [5.41, 5.74) is 2.37. The molecule has 0 fully saturated rings. The Morgan fingerprint density at radius 3 is 2.73 bits per heavy atom. The van der Waals surface area contributed by atoms with Crippen LogP contribution in [0.25, 0.3) is 11.5 Å². The van der Waals surface area contributed by atoms with Gasteiger partial charge in [0.05, 0.1) is 11.8 Å². The summed E-state index contributed by atoms with van der Waals surface area (Å²) in [6.07, 6.45) is 1.14. The third kappa shape index (κ3) is 2.05. The van der Waals surface area contributed by atoms with Crippen LogP contribution < -0.4 is 0 Å². The van der Waals surface area contributed by atoms with E-state index in [0.717, 1.165) is 11.4 Å². The molecule has 4 nitrogen and oxygen atoms in total. The van der Waals surface area contributed by atoms with Crippen molar-refractivity contribution in [1.29, 1.82) is 0 Å². The van der Waals surface area contributed by atoms with E-state index >= 15 is 0 Å². The zero-order valence-electron chi connectivity index (χ0n) is 8.73. The van der Waals surface area contributed by atoms with Crippen LogP contribution in [0.2, 0.25) is 0 Å². The van der Waals surface area contributed by atoms with Crippen molar-refractivity contribution in [2.75, 3.05) is 0 Å². The van der Waals surface area contributed by atoms with E-state index in [1.54, 1.807) is 13.1 Å². The molecule has 0 aromatic carbocycles. The average molecular weight is 203 g/mol. The van der Waals surface area contributed by atoms with Gasteiger partial charge in [-0.1, -0.05) is 6.07 Å².